The molecule has 2 heterocycles. The van der Waals surface area contributed by atoms with Gasteiger partial charge in [-0.2, -0.15) is 0 Å². The predicted molar refractivity (Wildman–Crippen MR) is 64.7 cm³/mol. The summed E-state index contributed by atoms with van der Waals surface area (Å²) in [7, 11) is 0. The third-order valence-corrected chi connectivity index (χ3v) is 3.03. The van der Waals surface area contributed by atoms with Crippen LogP contribution in [0.15, 0.2) is 12.1 Å². The Balaban J connectivity index is 2.76. The van der Waals surface area contributed by atoms with Crippen LogP contribution in [0.1, 0.15) is 32.0 Å². The molecule has 0 aromatic carbocycles. The third kappa shape index (κ3) is 1.69. The summed E-state index contributed by atoms with van der Waals surface area (Å²) in [5, 5.41) is 0. The fourth-order valence-corrected chi connectivity index (χ4v) is 2.06. The van der Waals surface area contributed by atoms with Gasteiger partial charge in [0.15, 0.2) is 10.4 Å². The number of rotatable bonds is 2. The number of aromatic amines is 1. The molecule has 1 atom stereocenters. The number of nitrogens with zero attached hydrogens (tertiary/aromatic N) is 2. The van der Waals surface area contributed by atoms with E-state index in [9.17, 15) is 0 Å². The van der Waals surface area contributed by atoms with E-state index in [0.29, 0.717) is 6.04 Å². The van der Waals surface area contributed by atoms with Gasteiger partial charge in [0, 0.05) is 11.7 Å². The molecule has 3 nitrogen and oxygen atoms in total. The van der Waals surface area contributed by atoms with E-state index >= 15 is 0 Å². The Morgan fingerprint density at radius 3 is 2.93 bits per heavy atom. The molecular weight excluding hydrogens is 206 g/mol. The summed E-state index contributed by atoms with van der Waals surface area (Å²) in [6.07, 6.45) is 1.05. The molecule has 80 valence electrons. The number of imidazole rings is 1. The summed E-state index contributed by atoms with van der Waals surface area (Å²) in [6, 6.07) is 4.42. The van der Waals surface area contributed by atoms with Gasteiger partial charge < -0.3 is 4.98 Å². The van der Waals surface area contributed by atoms with Crippen molar-refractivity contribution < 1.29 is 0 Å². The zero-order valence-electron chi connectivity index (χ0n) is 9.24. The Hall–Kier alpha value is -1.16. The summed E-state index contributed by atoms with van der Waals surface area (Å²) in [4.78, 5) is 7.72. The number of H-pyrrole nitrogens is 1. The minimum atomic E-state index is 0.389. The minimum absolute atomic E-state index is 0.389. The van der Waals surface area contributed by atoms with E-state index in [0.717, 1.165) is 28.0 Å². The van der Waals surface area contributed by atoms with E-state index in [1.807, 2.05) is 19.1 Å². The van der Waals surface area contributed by atoms with E-state index in [2.05, 4.69) is 28.4 Å². The zero-order chi connectivity index (χ0) is 11.0. The maximum absolute atomic E-state index is 5.31. The van der Waals surface area contributed by atoms with Crippen LogP contribution in [0.5, 0.6) is 0 Å². The number of aryl methyl sites for hydroxylation is 1. The second kappa shape index (κ2) is 3.77. The Labute approximate surface area is 94.2 Å². The highest BCUT2D eigenvalue weighted by Crippen LogP contribution is 2.19. The van der Waals surface area contributed by atoms with E-state index in [4.69, 9.17) is 12.2 Å². The van der Waals surface area contributed by atoms with Crippen LogP contribution < -0.4 is 0 Å². The fraction of sp³-hybridized carbons (Fsp3) is 0.455. The average Bonchev–Trinajstić information content (AvgIpc) is 2.52. The molecular formula is C11H15N3S. The van der Waals surface area contributed by atoms with Gasteiger partial charge in [0.05, 0.1) is 5.52 Å². The van der Waals surface area contributed by atoms with Crippen LogP contribution in [-0.4, -0.2) is 14.5 Å². The highest BCUT2D eigenvalue weighted by Gasteiger charge is 2.10. The van der Waals surface area contributed by atoms with Crippen molar-refractivity contribution in [3.05, 3.63) is 22.6 Å². The van der Waals surface area contributed by atoms with Gasteiger partial charge in [-0.25, -0.2) is 4.98 Å². The van der Waals surface area contributed by atoms with Gasteiger partial charge >= 0.3 is 0 Å². The van der Waals surface area contributed by atoms with Crippen LogP contribution in [0.3, 0.4) is 0 Å². The predicted octanol–water partition coefficient (Wildman–Crippen LogP) is 3.37. The van der Waals surface area contributed by atoms with Crippen LogP contribution in [0.4, 0.5) is 0 Å². The first-order valence-electron chi connectivity index (χ1n) is 5.21. The zero-order valence-corrected chi connectivity index (χ0v) is 10.1. The highest BCUT2D eigenvalue weighted by molar-refractivity contribution is 7.71. The lowest BCUT2D eigenvalue weighted by Gasteiger charge is -2.10. The molecule has 0 amide bonds. The maximum Gasteiger partial charge on any atom is 0.179 e. The van der Waals surface area contributed by atoms with Gasteiger partial charge in [-0.3, -0.25) is 4.57 Å². The molecule has 15 heavy (non-hydrogen) atoms. The summed E-state index contributed by atoms with van der Waals surface area (Å²) in [6.45, 7) is 6.31. The Morgan fingerprint density at radius 2 is 2.27 bits per heavy atom. The second-order valence-electron chi connectivity index (χ2n) is 3.88. The lowest BCUT2D eigenvalue weighted by Crippen LogP contribution is -2.04. The standard InChI is InChI=1S/C11H15N3S/c1-4-8(3)14-10-9(13-11(14)15)6-5-7(2)12-10/h5-6,8H,4H2,1-3H3,(H,13,15). The van der Waals surface area contributed by atoms with Crippen LogP contribution in [0.25, 0.3) is 11.2 Å². The van der Waals surface area contributed by atoms with Crippen molar-refractivity contribution in [2.24, 2.45) is 0 Å². The molecule has 0 saturated carbocycles. The summed E-state index contributed by atoms with van der Waals surface area (Å²) < 4.78 is 2.86. The van der Waals surface area contributed by atoms with Crippen LogP contribution in [-0.2, 0) is 0 Å². The van der Waals surface area contributed by atoms with Crippen LogP contribution in [0, 0.1) is 11.7 Å². The lowest BCUT2D eigenvalue weighted by atomic mass is 10.2. The van der Waals surface area contributed by atoms with Gasteiger partial charge in [-0.15, -0.1) is 0 Å². The van der Waals surface area contributed by atoms with Gasteiger partial charge in [-0.1, -0.05) is 6.92 Å². The number of hydrogen-bond acceptors (Lipinski definition) is 2. The first-order valence-corrected chi connectivity index (χ1v) is 5.62. The fourth-order valence-electron chi connectivity index (χ4n) is 1.69. The number of pyridine rings is 1. The first kappa shape index (κ1) is 10.4. The van der Waals surface area contributed by atoms with Crippen molar-refractivity contribution in [2.75, 3.05) is 0 Å². The van der Waals surface area contributed by atoms with Crippen molar-refractivity contribution in [3.8, 4) is 0 Å². The van der Waals surface area contributed by atoms with Gasteiger partial charge in [0.2, 0.25) is 0 Å². The molecule has 0 fully saturated rings. The topological polar surface area (TPSA) is 33.6 Å². The molecule has 0 spiro atoms. The largest absolute Gasteiger partial charge is 0.329 e. The van der Waals surface area contributed by atoms with Gasteiger partial charge in [0.25, 0.3) is 0 Å². The molecule has 4 heteroatoms. The molecule has 0 bridgehead atoms. The Bertz CT molecular complexity index is 538. The minimum Gasteiger partial charge on any atom is -0.329 e. The Morgan fingerprint density at radius 1 is 1.53 bits per heavy atom. The van der Waals surface area contributed by atoms with Crippen LogP contribution >= 0.6 is 12.2 Å². The van der Waals surface area contributed by atoms with E-state index in [-0.39, 0.29) is 0 Å². The summed E-state index contributed by atoms with van der Waals surface area (Å²) >= 11 is 5.31. The molecule has 1 N–H and O–H groups in total. The SMILES string of the molecule is CCC(C)n1c(=S)[nH]c2ccc(C)nc21. The highest BCUT2D eigenvalue weighted by atomic mass is 32.1. The average molecular weight is 221 g/mol. The molecule has 2 aromatic rings. The maximum atomic E-state index is 5.31. The number of hydrogen-bond donors (Lipinski definition) is 1. The summed E-state index contributed by atoms with van der Waals surface area (Å²) in [5.41, 5.74) is 3.01. The van der Waals surface area contributed by atoms with E-state index in [1.54, 1.807) is 0 Å². The summed E-state index contributed by atoms with van der Waals surface area (Å²) in [5.74, 6) is 0. The molecule has 0 aliphatic carbocycles. The monoisotopic (exact) mass is 221 g/mol. The Kier molecular flexibility index (Phi) is 2.61. The van der Waals surface area contributed by atoms with Gasteiger partial charge in [0.1, 0.15) is 0 Å². The van der Waals surface area contributed by atoms with Crippen molar-refractivity contribution in [1.82, 2.24) is 14.5 Å². The lowest BCUT2D eigenvalue weighted by molar-refractivity contribution is 0.535. The number of nitrogens with one attached hydrogen (secondary N) is 1. The number of aromatic nitrogens is 3. The quantitative estimate of drug-likeness (QED) is 0.789. The molecule has 0 aliphatic heterocycles. The van der Waals surface area contributed by atoms with E-state index in [1.165, 1.54) is 0 Å². The number of fused-ring (bicyclic) bond motifs is 1. The molecule has 1 unspecified atom stereocenters. The van der Waals surface area contributed by atoms with Crippen molar-refractivity contribution in [2.45, 2.75) is 33.2 Å². The van der Waals surface area contributed by atoms with Crippen molar-refractivity contribution >= 4 is 23.4 Å². The molecule has 0 saturated heterocycles. The molecule has 0 radical (unpaired) electrons. The second-order valence-corrected chi connectivity index (χ2v) is 4.27. The van der Waals surface area contributed by atoms with Crippen LogP contribution in [0.2, 0.25) is 0 Å². The molecule has 2 rings (SSSR count). The van der Waals surface area contributed by atoms with E-state index < -0.39 is 0 Å². The third-order valence-electron chi connectivity index (χ3n) is 2.73. The first-order chi connectivity index (χ1) is 7.13. The molecule has 0 aliphatic rings. The van der Waals surface area contributed by atoms with Gasteiger partial charge in [-0.05, 0) is 44.6 Å². The smallest absolute Gasteiger partial charge is 0.179 e. The van der Waals surface area contributed by atoms with Crippen molar-refractivity contribution in [1.29, 1.82) is 0 Å². The normalized spacial score (nSPS) is 13.3. The molecule has 2 aromatic heterocycles. The van der Waals surface area contributed by atoms with Crippen molar-refractivity contribution in [3.63, 3.8) is 0 Å².